The largest absolute Gasteiger partial charge is 0.472 e. The first-order chi connectivity index (χ1) is 40.0. The lowest BCUT2D eigenvalue weighted by Crippen LogP contribution is -2.37. The van der Waals surface area contributed by atoms with E-state index in [0.29, 0.717) is 17.4 Å². The molecule has 0 saturated carbocycles. The SMILES string of the molecule is CCCCC/C=C\C/C=C\C/C=C\CCCCCCCCC(=O)OCC(COP(=O)(O)OCC[N+](C)(C)C)OC(=O)CCCCCCCCCCCCCCCCCCCCCCCCCC/C=C\C/C=C\C/C=C\CCCCCCC. The van der Waals surface area contributed by atoms with E-state index in [4.69, 9.17) is 18.5 Å². The van der Waals surface area contributed by atoms with Crippen LogP contribution in [0.15, 0.2) is 72.9 Å². The van der Waals surface area contributed by atoms with Crippen molar-refractivity contribution in [2.75, 3.05) is 47.5 Å². The molecular weight excluding hydrogens is 1040 g/mol. The van der Waals surface area contributed by atoms with Crippen LogP contribution < -0.4 is 0 Å². The summed E-state index contributed by atoms with van der Waals surface area (Å²) in [6.07, 6.45) is 84.4. The summed E-state index contributed by atoms with van der Waals surface area (Å²) in [5.74, 6) is -0.801. The topological polar surface area (TPSA) is 108 Å². The number of rotatable bonds is 64. The van der Waals surface area contributed by atoms with E-state index in [2.05, 4.69) is 86.8 Å². The molecule has 10 heteroatoms. The van der Waals surface area contributed by atoms with Gasteiger partial charge in [0.25, 0.3) is 0 Å². The molecule has 2 unspecified atom stereocenters. The highest BCUT2D eigenvalue weighted by atomic mass is 31.2. The van der Waals surface area contributed by atoms with Crippen LogP contribution in [0.4, 0.5) is 0 Å². The molecule has 0 amide bonds. The fourth-order valence-electron chi connectivity index (χ4n) is 9.86. The van der Waals surface area contributed by atoms with Crippen molar-refractivity contribution in [2.24, 2.45) is 0 Å². The Kier molecular flexibility index (Phi) is 61.0. The van der Waals surface area contributed by atoms with Crippen molar-refractivity contribution in [3.63, 3.8) is 0 Å². The van der Waals surface area contributed by atoms with Gasteiger partial charge in [0.05, 0.1) is 27.7 Å². The molecule has 0 radical (unpaired) electrons. The van der Waals surface area contributed by atoms with Gasteiger partial charge in [-0.1, -0.05) is 292 Å². The van der Waals surface area contributed by atoms with Gasteiger partial charge in [0, 0.05) is 12.8 Å². The van der Waals surface area contributed by atoms with Gasteiger partial charge in [-0.2, -0.15) is 0 Å². The summed E-state index contributed by atoms with van der Waals surface area (Å²) in [6, 6.07) is 0. The summed E-state index contributed by atoms with van der Waals surface area (Å²) in [7, 11) is 1.48. The first-order valence-electron chi connectivity index (χ1n) is 34.7. The number of quaternary nitrogens is 1. The van der Waals surface area contributed by atoms with Crippen LogP contribution >= 0.6 is 7.82 Å². The summed E-state index contributed by atoms with van der Waals surface area (Å²) in [5, 5.41) is 0. The van der Waals surface area contributed by atoms with Gasteiger partial charge in [0.15, 0.2) is 6.10 Å². The molecule has 82 heavy (non-hydrogen) atoms. The Hall–Kier alpha value is -2.55. The molecule has 1 N–H and O–H groups in total. The lowest BCUT2D eigenvalue weighted by Gasteiger charge is -2.24. The average molecular weight is 1170 g/mol. The molecule has 2 atom stereocenters. The molecule has 0 bridgehead atoms. The number of likely N-dealkylation sites (N-methyl/N-ethyl adjacent to an activating group) is 1. The zero-order valence-corrected chi connectivity index (χ0v) is 55.4. The number of unbranched alkanes of at least 4 members (excludes halogenated alkanes) is 38. The lowest BCUT2D eigenvalue weighted by atomic mass is 10.0. The second-order valence-electron chi connectivity index (χ2n) is 24.6. The molecule has 0 fully saturated rings. The first kappa shape index (κ1) is 79.5. The number of esters is 2. The number of phosphoric ester groups is 1. The molecule has 0 aromatic rings. The van der Waals surface area contributed by atoms with E-state index in [1.807, 2.05) is 21.1 Å². The Balaban J connectivity index is 3.95. The molecule has 478 valence electrons. The normalized spacial score (nSPS) is 13.6. The number of carbonyl (C=O) groups is 2. The summed E-state index contributed by atoms with van der Waals surface area (Å²) in [6.45, 7) is 4.41. The number of ether oxygens (including phenoxy) is 2. The van der Waals surface area contributed by atoms with E-state index in [1.165, 1.54) is 218 Å². The fourth-order valence-corrected chi connectivity index (χ4v) is 10.6. The molecule has 0 heterocycles. The summed E-state index contributed by atoms with van der Waals surface area (Å²) >= 11 is 0. The zero-order chi connectivity index (χ0) is 59.8. The molecule has 0 saturated heterocycles. The third kappa shape index (κ3) is 66.6. The third-order valence-electron chi connectivity index (χ3n) is 15.2. The second-order valence-corrected chi connectivity index (χ2v) is 26.0. The smallest absolute Gasteiger partial charge is 0.462 e. The fraction of sp³-hybridized carbons (Fsp3) is 0.806. The van der Waals surface area contributed by atoms with Crippen molar-refractivity contribution in [3.8, 4) is 0 Å². The highest BCUT2D eigenvalue weighted by molar-refractivity contribution is 7.47. The van der Waals surface area contributed by atoms with Crippen molar-refractivity contribution < 1.29 is 42.1 Å². The van der Waals surface area contributed by atoms with E-state index in [0.717, 1.165) is 70.6 Å². The van der Waals surface area contributed by atoms with Crippen LogP contribution in [0.2, 0.25) is 0 Å². The first-order valence-corrected chi connectivity index (χ1v) is 36.2. The number of hydrogen-bond donors (Lipinski definition) is 1. The maximum absolute atomic E-state index is 12.9. The number of hydrogen-bond acceptors (Lipinski definition) is 7. The van der Waals surface area contributed by atoms with Gasteiger partial charge >= 0.3 is 19.8 Å². The molecule has 0 aromatic heterocycles. The van der Waals surface area contributed by atoms with Crippen LogP contribution in [0.5, 0.6) is 0 Å². The molecule has 0 rings (SSSR count). The van der Waals surface area contributed by atoms with Gasteiger partial charge in [-0.3, -0.25) is 18.6 Å². The number of nitrogens with zero attached hydrogens (tertiary/aromatic N) is 1. The van der Waals surface area contributed by atoms with Crippen molar-refractivity contribution in [2.45, 2.75) is 328 Å². The van der Waals surface area contributed by atoms with Crippen molar-refractivity contribution in [3.05, 3.63) is 72.9 Å². The van der Waals surface area contributed by atoms with Crippen LogP contribution in [-0.4, -0.2) is 74.9 Å². The predicted molar refractivity (Wildman–Crippen MR) is 353 cm³/mol. The van der Waals surface area contributed by atoms with Crippen molar-refractivity contribution in [1.82, 2.24) is 0 Å². The number of allylic oxidation sites excluding steroid dienone is 12. The summed E-state index contributed by atoms with van der Waals surface area (Å²) < 4.78 is 34.7. The quantitative estimate of drug-likeness (QED) is 0.0211. The predicted octanol–water partition coefficient (Wildman–Crippen LogP) is 22.4. The van der Waals surface area contributed by atoms with E-state index >= 15 is 0 Å². The monoisotopic (exact) mass is 1170 g/mol. The van der Waals surface area contributed by atoms with E-state index in [1.54, 1.807) is 0 Å². The van der Waals surface area contributed by atoms with Crippen LogP contribution in [0.1, 0.15) is 322 Å². The van der Waals surface area contributed by atoms with Crippen LogP contribution in [-0.2, 0) is 32.7 Å². The van der Waals surface area contributed by atoms with Gasteiger partial charge in [0.1, 0.15) is 19.8 Å². The minimum absolute atomic E-state index is 0.0288. The van der Waals surface area contributed by atoms with Crippen LogP contribution in [0, 0.1) is 0 Å². The van der Waals surface area contributed by atoms with Gasteiger partial charge in [-0.05, 0) is 89.9 Å². The summed E-state index contributed by atoms with van der Waals surface area (Å²) in [5.41, 5.74) is 0. The molecule has 0 aromatic carbocycles. The molecule has 0 spiro atoms. The highest BCUT2D eigenvalue weighted by Crippen LogP contribution is 2.43. The second kappa shape index (κ2) is 63.0. The van der Waals surface area contributed by atoms with Crippen molar-refractivity contribution >= 4 is 19.8 Å². The van der Waals surface area contributed by atoms with Gasteiger partial charge in [0.2, 0.25) is 0 Å². The highest BCUT2D eigenvalue weighted by Gasteiger charge is 2.27. The Morgan fingerprint density at radius 2 is 0.659 bits per heavy atom. The maximum Gasteiger partial charge on any atom is 0.472 e. The minimum Gasteiger partial charge on any atom is -0.462 e. The van der Waals surface area contributed by atoms with E-state index in [-0.39, 0.29) is 32.0 Å². The standard InChI is InChI=1S/C72H132NO8P/c1-6-8-10-12-14-16-18-20-22-24-26-27-28-29-30-31-32-33-34-35-36-37-38-39-40-41-42-43-44-45-47-49-51-53-55-57-59-61-63-65-72(75)81-70(69-80-82(76,77)79-67-66-73(3,4)5)68-78-71(74)64-62-60-58-56-54-52-50-48-46-25-23-21-19-17-15-13-11-9-7-2/h15,17-18,20-21,23-24,26,28-29,46,48,70H,6-14,16,19,22,25,27,30-45,47,49-69H2,1-5H3/p+1/b17-15-,20-18-,23-21-,26-24-,29-28-,48-46-. The van der Waals surface area contributed by atoms with E-state index in [9.17, 15) is 19.0 Å². The van der Waals surface area contributed by atoms with Crippen LogP contribution in [0.3, 0.4) is 0 Å². The molecule has 9 nitrogen and oxygen atoms in total. The van der Waals surface area contributed by atoms with Crippen LogP contribution in [0.25, 0.3) is 0 Å². The molecule has 0 aliphatic rings. The van der Waals surface area contributed by atoms with E-state index < -0.39 is 26.5 Å². The Morgan fingerprint density at radius 1 is 0.378 bits per heavy atom. The molecule has 0 aliphatic heterocycles. The van der Waals surface area contributed by atoms with Gasteiger partial charge in [-0.15, -0.1) is 0 Å². The Bertz CT molecular complexity index is 1610. The molecule has 0 aliphatic carbocycles. The maximum atomic E-state index is 12.9. The Labute approximate surface area is 508 Å². The third-order valence-corrected chi connectivity index (χ3v) is 16.2. The minimum atomic E-state index is -4.39. The number of carbonyl (C=O) groups excluding carboxylic acids is 2. The average Bonchev–Trinajstić information content (AvgIpc) is 3.44. The van der Waals surface area contributed by atoms with Gasteiger partial charge in [-0.25, -0.2) is 4.57 Å². The van der Waals surface area contributed by atoms with Crippen molar-refractivity contribution in [1.29, 1.82) is 0 Å². The van der Waals surface area contributed by atoms with Gasteiger partial charge < -0.3 is 18.9 Å². The number of phosphoric acid groups is 1. The summed E-state index contributed by atoms with van der Waals surface area (Å²) in [4.78, 5) is 35.8. The molecular formula is C72H133NO8P+. The lowest BCUT2D eigenvalue weighted by molar-refractivity contribution is -0.870. The zero-order valence-electron chi connectivity index (χ0n) is 54.5. The Morgan fingerprint density at radius 3 is 1.00 bits per heavy atom.